The van der Waals surface area contributed by atoms with E-state index in [1.807, 2.05) is 0 Å². The van der Waals surface area contributed by atoms with Crippen LogP contribution in [-0.4, -0.2) is 58.4 Å². The molecule has 1 amide bonds. The predicted molar refractivity (Wildman–Crippen MR) is 69.9 cm³/mol. The maximum Gasteiger partial charge on any atom is 0.269 e. The molecule has 112 valence electrons. The van der Waals surface area contributed by atoms with Crippen LogP contribution < -0.4 is 15.6 Å². The van der Waals surface area contributed by atoms with Gasteiger partial charge in [-0.2, -0.15) is 0 Å². The van der Waals surface area contributed by atoms with Crippen molar-refractivity contribution in [2.75, 3.05) is 19.1 Å². The number of carbonyl (C=O) groups is 1. The number of hydrazine groups is 1. The van der Waals surface area contributed by atoms with Crippen LogP contribution in [0.15, 0.2) is 24.3 Å². The van der Waals surface area contributed by atoms with Crippen LogP contribution in [-0.2, 0) is 4.79 Å². The van der Waals surface area contributed by atoms with E-state index in [0.29, 0.717) is 11.4 Å². The number of carbonyl (C=O) groups excluding carboxylic acids is 1. The van der Waals surface area contributed by atoms with Gasteiger partial charge in [0.15, 0.2) is 6.10 Å². The Hall–Kier alpha value is -1.87. The third kappa shape index (κ3) is 4.35. The minimum atomic E-state index is -1.88. The van der Waals surface area contributed by atoms with Crippen molar-refractivity contribution >= 4 is 11.6 Å². The fourth-order valence-corrected chi connectivity index (χ4v) is 1.38. The monoisotopic (exact) mass is 286 g/mol. The van der Waals surface area contributed by atoms with Gasteiger partial charge in [0.1, 0.15) is 18.0 Å². The van der Waals surface area contributed by atoms with Gasteiger partial charge in [-0.15, -0.1) is 0 Å². The molecule has 0 saturated carbocycles. The summed E-state index contributed by atoms with van der Waals surface area (Å²) in [4.78, 5) is 11.5. The van der Waals surface area contributed by atoms with Gasteiger partial charge in [-0.25, -0.2) is 0 Å². The van der Waals surface area contributed by atoms with Gasteiger partial charge in [0.05, 0.1) is 19.4 Å². The number of methoxy groups -OCH3 is 1. The lowest BCUT2D eigenvalue weighted by atomic mass is 10.1. The third-order valence-electron chi connectivity index (χ3n) is 2.57. The summed E-state index contributed by atoms with van der Waals surface area (Å²) in [6, 6.07) is 6.65. The number of hydrogen-bond donors (Lipinski definition) is 6. The van der Waals surface area contributed by atoms with Crippen LogP contribution in [0.25, 0.3) is 0 Å². The molecular weight excluding hydrogens is 268 g/mol. The van der Waals surface area contributed by atoms with Crippen molar-refractivity contribution in [3.63, 3.8) is 0 Å². The minimum Gasteiger partial charge on any atom is -0.497 e. The van der Waals surface area contributed by atoms with E-state index in [1.165, 1.54) is 7.11 Å². The number of nitrogens with one attached hydrogen (secondary N) is 2. The molecule has 0 fully saturated rings. The molecule has 1 aromatic rings. The molecule has 0 bridgehead atoms. The number of rotatable bonds is 7. The fraction of sp³-hybridized carbons (Fsp3) is 0.417. The van der Waals surface area contributed by atoms with Crippen LogP contribution in [0.3, 0.4) is 0 Å². The standard InChI is InChI=1S/C12H18N2O6/c1-20-8-4-2-3-7(5-8)13-14-12(19)11(18)10(17)9(16)6-15/h2-5,9-11,13,15-18H,6H2,1H3,(H,14,19)/t9-,10-,11+/m1/s1. The summed E-state index contributed by atoms with van der Waals surface area (Å²) in [5, 5.41) is 36.6. The summed E-state index contributed by atoms with van der Waals surface area (Å²) in [5.74, 6) is -0.381. The molecule has 3 atom stereocenters. The van der Waals surface area contributed by atoms with Crippen LogP contribution in [0.5, 0.6) is 5.75 Å². The number of aliphatic hydroxyl groups is 4. The molecule has 0 aliphatic carbocycles. The highest BCUT2D eigenvalue weighted by Crippen LogP contribution is 2.15. The van der Waals surface area contributed by atoms with Crippen molar-refractivity contribution < 1.29 is 30.0 Å². The second-order valence-electron chi connectivity index (χ2n) is 4.03. The van der Waals surface area contributed by atoms with Gasteiger partial charge in [0.2, 0.25) is 0 Å². The number of hydrogen-bond acceptors (Lipinski definition) is 7. The maximum atomic E-state index is 11.5. The number of amides is 1. The van der Waals surface area contributed by atoms with Gasteiger partial charge in [-0.05, 0) is 12.1 Å². The molecule has 1 rings (SSSR count). The van der Waals surface area contributed by atoms with Gasteiger partial charge in [-0.1, -0.05) is 6.07 Å². The van der Waals surface area contributed by atoms with Crippen LogP contribution in [0.4, 0.5) is 5.69 Å². The largest absolute Gasteiger partial charge is 0.497 e. The van der Waals surface area contributed by atoms with E-state index < -0.39 is 30.8 Å². The molecular formula is C12H18N2O6. The quantitative estimate of drug-likeness (QED) is 0.326. The van der Waals surface area contributed by atoms with Gasteiger partial charge >= 0.3 is 0 Å². The van der Waals surface area contributed by atoms with Crippen molar-refractivity contribution in [2.45, 2.75) is 18.3 Å². The highest BCUT2D eigenvalue weighted by molar-refractivity contribution is 5.82. The first-order valence-electron chi connectivity index (χ1n) is 5.84. The van der Waals surface area contributed by atoms with Crippen LogP contribution in [0.2, 0.25) is 0 Å². The zero-order chi connectivity index (χ0) is 15.1. The average molecular weight is 286 g/mol. The van der Waals surface area contributed by atoms with E-state index in [-0.39, 0.29) is 0 Å². The normalized spacial score (nSPS) is 15.1. The molecule has 0 saturated heterocycles. The Morgan fingerprint density at radius 3 is 2.65 bits per heavy atom. The number of aliphatic hydroxyl groups excluding tert-OH is 4. The molecule has 0 radical (unpaired) electrons. The van der Waals surface area contributed by atoms with E-state index in [4.69, 9.17) is 14.9 Å². The summed E-state index contributed by atoms with van der Waals surface area (Å²) >= 11 is 0. The second kappa shape index (κ2) is 7.65. The molecule has 0 unspecified atom stereocenters. The smallest absolute Gasteiger partial charge is 0.269 e. The zero-order valence-corrected chi connectivity index (χ0v) is 10.9. The summed E-state index contributed by atoms with van der Waals surface area (Å²) in [6.45, 7) is -0.769. The Labute approximate surface area is 115 Å². The van der Waals surface area contributed by atoms with Crippen LogP contribution in [0, 0.1) is 0 Å². The number of ether oxygens (including phenoxy) is 1. The van der Waals surface area contributed by atoms with Crippen molar-refractivity contribution in [3.8, 4) is 5.75 Å². The summed E-state index contributed by atoms with van der Waals surface area (Å²) in [6.07, 6.45) is -5.27. The molecule has 0 aliphatic rings. The summed E-state index contributed by atoms with van der Waals surface area (Å²) < 4.78 is 4.99. The summed E-state index contributed by atoms with van der Waals surface area (Å²) in [7, 11) is 1.49. The molecule has 8 heteroatoms. The first kappa shape index (κ1) is 16.2. The summed E-state index contributed by atoms with van der Waals surface area (Å²) in [5.41, 5.74) is 5.18. The number of anilines is 1. The SMILES string of the molecule is COc1cccc(NNC(=O)[C@@H](O)[C@H](O)[C@H](O)CO)c1. The van der Waals surface area contributed by atoms with Gasteiger partial charge in [0, 0.05) is 6.07 Å². The first-order valence-corrected chi connectivity index (χ1v) is 5.84. The molecule has 0 aromatic heterocycles. The van der Waals surface area contributed by atoms with Crippen molar-refractivity contribution in [2.24, 2.45) is 0 Å². The van der Waals surface area contributed by atoms with Crippen molar-refractivity contribution in [1.29, 1.82) is 0 Å². The van der Waals surface area contributed by atoms with Crippen molar-refractivity contribution in [3.05, 3.63) is 24.3 Å². The molecule has 0 heterocycles. The molecule has 0 aliphatic heterocycles. The molecule has 6 N–H and O–H groups in total. The second-order valence-corrected chi connectivity index (χ2v) is 4.03. The highest BCUT2D eigenvalue weighted by Gasteiger charge is 2.29. The average Bonchev–Trinajstić information content (AvgIpc) is 2.50. The van der Waals surface area contributed by atoms with E-state index in [1.54, 1.807) is 24.3 Å². The van der Waals surface area contributed by atoms with Gasteiger partial charge in [0.25, 0.3) is 5.91 Å². The number of benzene rings is 1. The van der Waals surface area contributed by atoms with E-state index in [2.05, 4.69) is 10.9 Å². The van der Waals surface area contributed by atoms with Gasteiger partial charge < -0.3 is 25.2 Å². The topological polar surface area (TPSA) is 131 Å². The first-order chi connectivity index (χ1) is 9.49. The minimum absolute atomic E-state index is 0.502. The molecule has 1 aromatic carbocycles. The van der Waals surface area contributed by atoms with Crippen LogP contribution >= 0.6 is 0 Å². The lowest BCUT2D eigenvalue weighted by molar-refractivity contribution is -0.141. The lowest BCUT2D eigenvalue weighted by Crippen LogP contribution is -2.49. The van der Waals surface area contributed by atoms with E-state index in [9.17, 15) is 15.0 Å². The lowest BCUT2D eigenvalue weighted by Gasteiger charge is -2.21. The highest BCUT2D eigenvalue weighted by atomic mass is 16.5. The van der Waals surface area contributed by atoms with Crippen molar-refractivity contribution in [1.82, 2.24) is 5.43 Å². The Morgan fingerprint density at radius 1 is 1.35 bits per heavy atom. The molecule has 0 spiro atoms. The van der Waals surface area contributed by atoms with Crippen LogP contribution in [0.1, 0.15) is 0 Å². The zero-order valence-electron chi connectivity index (χ0n) is 10.9. The Bertz CT molecular complexity index is 442. The Morgan fingerprint density at radius 2 is 2.05 bits per heavy atom. The molecule has 8 nitrogen and oxygen atoms in total. The molecule has 20 heavy (non-hydrogen) atoms. The predicted octanol–water partition coefficient (Wildman–Crippen LogP) is -1.79. The Balaban J connectivity index is 2.53. The van der Waals surface area contributed by atoms with E-state index >= 15 is 0 Å². The van der Waals surface area contributed by atoms with E-state index in [0.717, 1.165) is 0 Å². The Kier molecular flexibility index (Phi) is 6.19. The van der Waals surface area contributed by atoms with Gasteiger partial charge in [-0.3, -0.25) is 15.6 Å². The fourth-order valence-electron chi connectivity index (χ4n) is 1.38. The maximum absolute atomic E-state index is 11.5. The third-order valence-corrected chi connectivity index (χ3v) is 2.57.